The highest BCUT2D eigenvalue weighted by Crippen LogP contribution is 2.24. The predicted octanol–water partition coefficient (Wildman–Crippen LogP) is 4.79. The molecule has 162 valence electrons. The van der Waals surface area contributed by atoms with Crippen molar-refractivity contribution in [2.24, 2.45) is 0 Å². The van der Waals surface area contributed by atoms with Crippen molar-refractivity contribution >= 4 is 17.4 Å². The molecule has 2 aromatic carbocycles. The molecule has 3 aromatic rings. The minimum absolute atomic E-state index is 0.0935. The third-order valence-corrected chi connectivity index (χ3v) is 4.95. The molecule has 31 heavy (non-hydrogen) atoms. The van der Waals surface area contributed by atoms with Crippen LogP contribution in [0.3, 0.4) is 0 Å². The van der Waals surface area contributed by atoms with Gasteiger partial charge in [-0.1, -0.05) is 37.3 Å². The molecule has 0 radical (unpaired) electrons. The molecule has 0 aliphatic rings. The number of hydrogen-bond donors (Lipinski definition) is 1. The number of nitrogens with zero attached hydrogens (tertiary/aromatic N) is 1. The highest BCUT2D eigenvalue weighted by Gasteiger charge is 2.17. The number of aryl methyl sites for hydroxylation is 1. The predicted molar refractivity (Wildman–Crippen MR) is 121 cm³/mol. The van der Waals surface area contributed by atoms with Crippen LogP contribution >= 0.6 is 0 Å². The van der Waals surface area contributed by atoms with Crippen molar-refractivity contribution < 1.29 is 19.1 Å². The molecule has 0 unspecified atom stereocenters. The number of para-hydroxylation sites is 3. The lowest BCUT2D eigenvalue weighted by molar-refractivity contribution is -0.118. The molecule has 0 aliphatic heterocycles. The number of hydrogen-bond acceptors (Lipinski definition) is 4. The first-order chi connectivity index (χ1) is 15.0. The van der Waals surface area contributed by atoms with Gasteiger partial charge in [-0.25, -0.2) is 0 Å². The fraction of sp³-hybridized carbons (Fsp3) is 0.280. The van der Waals surface area contributed by atoms with Gasteiger partial charge in [0.25, 0.3) is 5.91 Å². The molecule has 0 fully saturated rings. The number of carbonyl (C=O) groups is 2. The molecule has 3 rings (SSSR count). The zero-order valence-electron chi connectivity index (χ0n) is 18.2. The van der Waals surface area contributed by atoms with Crippen LogP contribution in [0.25, 0.3) is 0 Å². The molecule has 0 spiro atoms. The molecule has 6 heteroatoms. The van der Waals surface area contributed by atoms with Gasteiger partial charge >= 0.3 is 0 Å². The average molecular weight is 421 g/mol. The summed E-state index contributed by atoms with van der Waals surface area (Å²) in [6.07, 6.45) is 1.00. The minimum Gasteiger partial charge on any atom is -0.484 e. The summed E-state index contributed by atoms with van der Waals surface area (Å²) in [4.78, 5) is 25.0. The van der Waals surface area contributed by atoms with Crippen LogP contribution in [-0.4, -0.2) is 29.5 Å². The average Bonchev–Trinajstić information content (AvgIpc) is 3.06. The van der Waals surface area contributed by atoms with Crippen LogP contribution in [0.2, 0.25) is 0 Å². The summed E-state index contributed by atoms with van der Waals surface area (Å²) in [6, 6.07) is 18.1. The van der Waals surface area contributed by atoms with Crippen molar-refractivity contribution in [2.45, 2.75) is 33.7 Å². The van der Waals surface area contributed by atoms with E-state index < -0.39 is 0 Å². The Hall–Kier alpha value is -3.54. The number of carbonyl (C=O) groups excluding carboxylic acids is 2. The zero-order valence-corrected chi connectivity index (χ0v) is 18.2. The molecule has 0 saturated carbocycles. The second-order valence-electron chi connectivity index (χ2n) is 7.29. The van der Waals surface area contributed by atoms with Crippen LogP contribution in [0, 0.1) is 13.8 Å². The highest BCUT2D eigenvalue weighted by atomic mass is 16.5. The smallest absolute Gasteiger partial charge is 0.262 e. The lowest BCUT2D eigenvalue weighted by atomic mass is 10.1. The van der Waals surface area contributed by atoms with E-state index >= 15 is 0 Å². The number of amides is 1. The number of benzene rings is 2. The van der Waals surface area contributed by atoms with Crippen molar-refractivity contribution in [3.05, 3.63) is 77.6 Å². The third-order valence-electron chi connectivity index (χ3n) is 4.95. The van der Waals surface area contributed by atoms with Crippen molar-refractivity contribution in [1.82, 2.24) is 4.57 Å². The van der Waals surface area contributed by atoms with E-state index in [1.807, 2.05) is 38.1 Å². The Morgan fingerprint density at radius 1 is 0.935 bits per heavy atom. The molecule has 0 aliphatic carbocycles. The number of nitrogens with one attached hydrogen (secondary N) is 1. The van der Waals surface area contributed by atoms with E-state index in [1.165, 1.54) is 0 Å². The summed E-state index contributed by atoms with van der Waals surface area (Å²) in [6.45, 7) is 6.72. The summed E-state index contributed by atoms with van der Waals surface area (Å²) in [5.41, 5.74) is 3.18. The van der Waals surface area contributed by atoms with Gasteiger partial charge in [0, 0.05) is 23.5 Å². The number of ketones is 1. The molecule has 1 aromatic heterocycles. The quantitative estimate of drug-likeness (QED) is 0.479. The molecule has 6 nitrogen and oxygen atoms in total. The number of ether oxygens (including phenoxy) is 2. The van der Waals surface area contributed by atoms with Gasteiger partial charge in [-0.2, -0.15) is 0 Å². The van der Waals surface area contributed by atoms with E-state index in [0.717, 1.165) is 24.4 Å². The second kappa shape index (κ2) is 10.5. The Kier molecular flexibility index (Phi) is 7.49. The van der Waals surface area contributed by atoms with Gasteiger partial charge in [0.05, 0.1) is 5.69 Å². The third kappa shape index (κ3) is 5.75. The Morgan fingerprint density at radius 3 is 2.39 bits per heavy atom. The number of anilines is 1. The van der Waals surface area contributed by atoms with Gasteiger partial charge in [0.1, 0.15) is 11.5 Å². The second-order valence-corrected chi connectivity index (χ2v) is 7.29. The Labute approximate surface area is 182 Å². The maximum atomic E-state index is 12.8. The van der Waals surface area contributed by atoms with Gasteiger partial charge in [0.2, 0.25) is 5.78 Å². The van der Waals surface area contributed by atoms with Crippen molar-refractivity contribution in [2.75, 3.05) is 18.5 Å². The Bertz CT molecular complexity index is 1040. The highest BCUT2D eigenvalue weighted by molar-refractivity contribution is 5.99. The van der Waals surface area contributed by atoms with Gasteiger partial charge in [-0.3, -0.25) is 9.59 Å². The zero-order chi connectivity index (χ0) is 22.2. The Morgan fingerprint density at radius 2 is 1.65 bits per heavy atom. The molecule has 1 N–H and O–H groups in total. The summed E-state index contributed by atoms with van der Waals surface area (Å²) >= 11 is 0. The largest absolute Gasteiger partial charge is 0.484 e. The van der Waals surface area contributed by atoms with Crippen molar-refractivity contribution in [3.8, 4) is 11.5 Å². The lowest BCUT2D eigenvalue weighted by Gasteiger charge is -2.13. The van der Waals surface area contributed by atoms with E-state index in [9.17, 15) is 9.59 Å². The van der Waals surface area contributed by atoms with Gasteiger partial charge in [-0.15, -0.1) is 0 Å². The van der Waals surface area contributed by atoms with Crippen LogP contribution in [0.15, 0.2) is 60.7 Å². The molecular weight excluding hydrogens is 392 g/mol. The van der Waals surface area contributed by atoms with E-state index in [-0.39, 0.29) is 24.9 Å². The van der Waals surface area contributed by atoms with Crippen LogP contribution in [0.4, 0.5) is 5.69 Å². The van der Waals surface area contributed by atoms with Gasteiger partial charge < -0.3 is 19.4 Å². The normalized spacial score (nSPS) is 10.5. The molecule has 0 saturated heterocycles. The van der Waals surface area contributed by atoms with Gasteiger partial charge in [-0.05, 0) is 50.6 Å². The summed E-state index contributed by atoms with van der Waals surface area (Å²) < 4.78 is 13.4. The Balaban J connectivity index is 1.61. The van der Waals surface area contributed by atoms with E-state index in [1.54, 1.807) is 36.4 Å². The van der Waals surface area contributed by atoms with E-state index in [4.69, 9.17) is 9.47 Å². The van der Waals surface area contributed by atoms with Crippen molar-refractivity contribution in [1.29, 1.82) is 0 Å². The molecule has 0 atom stereocenters. The van der Waals surface area contributed by atoms with Crippen LogP contribution in [-0.2, 0) is 11.3 Å². The maximum absolute atomic E-state index is 12.8. The molecular formula is C25H28N2O4. The summed E-state index contributed by atoms with van der Waals surface area (Å²) in [5.74, 6) is 0.651. The van der Waals surface area contributed by atoms with Crippen molar-refractivity contribution in [3.63, 3.8) is 0 Å². The van der Waals surface area contributed by atoms with Gasteiger partial charge in [0.15, 0.2) is 13.2 Å². The lowest BCUT2D eigenvalue weighted by Crippen LogP contribution is -2.21. The SMILES string of the molecule is CCCn1c(C)cc(C(=O)COc2ccccc2NC(=O)COc2ccccc2)c1C. The summed E-state index contributed by atoms with van der Waals surface area (Å²) in [7, 11) is 0. The molecule has 1 heterocycles. The monoisotopic (exact) mass is 420 g/mol. The van der Waals surface area contributed by atoms with Crippen LogP contribution in [0.5, 0.6) is 11.5 Å². The number of aromatic nitrogens is 1. The minimum atomic E-state index is -0.311. The first-order valence-electron chi connectivity index (χ1n) is 10.4. The molecule has 1 amide bonds. The van der Waals surface area contributed by atoms with Crippen LogP contribution in [0.1, 0.15) is 35.1 Å². The maximum Gasteiger partial charge on any atom is 0.262 e. The first-order valence-corrected chi connectivity index (χ1v) is 10.4. The van der Waals surface area contributed by atoms with Crippen LogP contribution < -0.4 is 14.8 Å². The fourth-order valence-electron chi connectivity index (χ4n) is 3.42. The standard InChI is InChI=1S/C25H28N2O4/c1-4-14-27-18(2)15-21(19(27)3)23(28)16-31-24-13-9-8-12-22(24)26-25(29)17-30-20-10-6-5-7-11-20/h5-13,15H,4,14,16-17H2,1-3H3,(H,26,29). The fourth-order valence-corrected chi connectivity index (χ4v) is 3.42. The first kappa shape index (κ1) is 22.2. The summed E-state index contributed by atoms with van der Waals surface area (Å²) in [5, 5.41) is 2.78. The molecule has 0 bridgehead atoms. The number of Topliss-reactive ketones (excluding diaryl/α,β-unsaturated/α-hetero) is 1. The van der Waals surface area contributed by atoms with E-state index in [2.05, 4.69) is 16.8 Å². The number of rotatable bonds is 10. The van der Waals surface area contributed by atoms with E-state index in [0.29, 0.717) is 22.7 Å². The topological polar surface area (TPSA) is 69.6 Å².